The van der Waals surface area contributed by atoms with Gasteiger partial charge in [-0.15, -0.1) is 0 Å². The predicted molar refractivity (Wildman–Crippen MR) is 185 cm³/mol. The van der Waals surface area contributed by atoms with Gasteiger partial charge >= 0.3 is 5.97 Å². The quantitative estimate of drug-likeness (QED) is 0.190. The molecule has 0 unspecified atom stereocenters. The molecule has 2 aliphatic heterocycles. The first kappa shape index (κ1) is 35.9. The van der Waals surface area contributed by atoms with Crippen LogP contribution in [0.4, 0.5) is 17.6 Å². The Bertz CT molecular complexity index is 1450. The Kier molecular flexibility index (Phi) is 12.9. The van der Waals surface area contributed by atoms with Crippen molar-refractivity contribution in [3.8, 4) is 0 Å². The van der Waals surface area contributed by atoms with E-state index in [0.717, 1.165) is 119 Å². The molecule has 3 aromatic rings. The molecule has 0 aliphatic carbocycles. The molecule has 0 bridgehead atoms. The van der Waals surface area contributed by atoms with Crippen molar-refractivity contribution in [2.24, 2.45) is 0 Å². The monoisotopic (exact) mass is 667 g/mol. The van der Waals surface area contributed by atoms with E-state index in [-0.39, 0.29) is 12.2 Å². The number of hydrogen-bond donors (Lipinski definition) is 2. The summed E-state index contributed by atoms with van der Waals surface area (Å²) in [5.41, 5.74) is 1.82. The first-order valence-electron chi connectivity index (χ1n) is 17.3. The van der Waals surface area contributed by atoms with E-state index in [1.54, 1.807) is 6.20 Å². The zero-order valence-corrected chi connectivity index (χ0v) is 29.1. The number of fused-ring (bicyclic) bond motifs is 1. The lowest BCUT2D eigenvalue weighted by atomic mass is 9.87. The van der Waals surface area contributed by atoms with Crippen LogP contribution in [0.1, 0.15) is 57.8 Å². The zero-order chi connectivity index (χ0) is 33.9. The van der Waals surface area contributed by atoms with Crippen LogP contribution in [0.25, 0.3) is 11.0 Å². The maximum atomic E-state index is 10.4. The number of imidazole rings is 1. The number of carbonyl (C=O) groups is 1. The van der Waals surface area contributed by atoms with Crippen molar-refractivity contribution in [2.45, 2.75) is 64.5 Å². The van der Waals surface area contributed by atoms with Crippen LogP contribution in [-0.4, -0.2) is 137 Å². The fourth-order valence-corrected chi connectivity index (χ4v) is 6.72. The third-order valence-corrected chi connectivity index (χ3v) is 9.47. The average molecular weight is 668 g/mol. The van der Waals surface area contributed by atoms with E-state index < -0.39 is 5.97 Å². The molecule has 14 heteroatoms. The summed E-state index contributed by atoms with van der Waals surface area (Å²) in [6.07, 6.45) is 8.23. The first-order chi connectivity index (χ1) is 23.2. The molecule has 2 aliphatic rings. The number of carboxylic acids is 1. The van der Waals surface area contributed by atoms with Crippen molar-refractivity contribution in [3.05, 3.63) is 30.4 Å². The molecule has 264 valence electrons. The van der Waals surface area contributed by atoms with Gasteiger partial charge in [0.2, 0.25) is 5.95 Å². The summed E-state index contributed by atoms with van der Waals surface area (Å²) in [4.78, 5) is 36.5. The molecule has 2 fully saturated rings. The maximum Gasteiger partial charge on any atom is 0.329 e. The second-order valence-corrected chi connectivity index (χ2v) is 13.1. The van der Waals surface area contributed by atoms with Crippen LogP contribution in [-0.2, 0) is 19.0 Å². The highest BCUT2D eigenvalue weighted by Gasteiger charge is 2.36. The minimum atomic E-state index is -0.938. The standard InChI is InChI=1S/C34H53N9O5/c1-26(2)43-27(3)37-28-24-36-31(23-29(28)43)38-30-7-11-35-33(39-30)42-14-9-34(46-4,10-15-42)8-13-41-18-16-40(17-19-41)12-5-20-47-21-6-22-48-25-32(44)45/h7,11,23-24,26H,5-6,8-10,12-22,25H2,1-4H3,(H,44,45)(H,35,36,38,39). The summed E-state index contributed by atoms with van der Waals surface area (Å²) in [7, 11) is 1.86. The number of rotatable bonds is 18. The van der Waals surface area contributed by atoms with Crippen LogP contribution in [0.3, 0.4) is 0 Å². The van der Waals surface area contributed by atoms with E-state index in [0.29, 0.717) is 25.7 Å². The highest BCUT2D eigenvalue weighted by Crippen LogP contribution is 2.32. The molecule has 5 heterocycles. The van der Waals surface area contributed by atoms with Crippen LogP contribution in [0.5, 0.6) is 0 Å². The van der Waals surface area contributed by atoms with Gasteiger partial charge in [-0.3, -0.25) is 0 Å². The van der Waals surface area contributed by atoms with E-state index in [2.05, 4.69) is 53.4 Å². The molecule has 2 N–H and O–H groups in total. The van der Waals surface area contributed by atoms with Crippen LogP contribution >= 0.6 is 0 Å². The fourth-order valence-electron chi connectivity index (χ4n) is 6.72. The number of carboxylic acid groups (broad SMARTS) is 1. The summed E-state index contributed by atoms with van der Waals surface area (Å²) in [5.74, 6) is 2.21. The molecule has 0 radical (unpaired) electrons. The second kappa shape index (κ2) is 17.3. The smallest absolute Gasteiger partial charge is 0.329 e. The summed E-state index contributed by atoms with van der Waals surface area (Å²) < 4.78 is 19.1. The minimum absolute atomic E-state index is 0.129. The molecule has 5 rings (SSSR count). The third kappa shape index (κ3) is 9.82. The van der Waals surface area contributed by atoms with Crippen molar-refractivity contribution in [3.63, 3.8) is 0 Å². The number of piperazine rings is 1. The van der Waals surface area contributed by atoms with Crippen LogP contribution < -0.4 is 10.2 Å². The van der Waals surface area contributed by atoms with Gasteiger partial charge in [-0.25, -0.2) is 19.7 Å². The van der Waals surface area contributed by atoms with Crippen LogP contribution in [0.15, 0.2) is 24.5 Å². The Labute approximate surface area is 283 Å². The van der Waals surface area contributed by atoms with Crippen molar-refractivity contribution in [1.82, 2.24) is 34.3 Å². The van der Waals surface area contributed by atoms with E-state index in [1.807, 2.05) is 32.4 Å². The van der Waals surface area contributed by atoms with Gasteiger partial charge in [-0.1, -0.05) is 0 Å². The lowest BCUT2D eigenvalue weighted by Gasteiger charge is -2.42. The average Bonchev–Trinajstić information content (AvgIpc) is 3.42. The topological polar surface area (TPSA) is 143 Å². The van der Waals surface area contributed by atoms with E-state index in [4.69, 9.17) is 24.3 Å². The van der Waals surface area contributed by atoms with Gasteiger partial charge in [0.1, 0.15) is 29.6 Å². The van der Waals surface area contributed by atoms with Gasteiger partial charge in [-0.05, 0) is 58.9 Å². The van der Waals surface area contributed by atoms with Crippen LogP contribution in [0.2, 0.25) is 0 Å². The lowest BCUT2D eigenvalue weighted by Crippen LogP contribution is -2.50. The molecule has 0 spiro atoms. The molecular formula is C34H53N9O5. The van der Waals surface area contributed by atoms with Gasteiger partial charge in [-0.2, -0.15) is 4.98 Å². The number of nitrogens with zero attached hydrogens (tertiary/aromatic N) is 8. The Morgan fingerprint density at radius 3 is 2.38 bits per heavy atom. The Morgan fingerprint density at radius 1 is 0.958 bits per heavy atom. The van der Waals surface area contributed by atoms with Crippen LogP contribution in [0, 0.1) is 6.92 Å². The summed E-state index contributed by atoms with van der Waals surface area (Å²) in [5, 5.41) is 12.0. The largest absolute Gasteiger partial charge is 0.480 e. The van der Waals surface area contributed by atoms with Crippen molar-refractivity contribution < 1.29 is 24.1 Å². The van der Waals surface area contributed by atoms with E-state index in [9.17, 15) is 4.79 Å². The number of anilines is 3. The number of piperidine rings is 1. The molecule has 14 nitrogen and oxygen atoms in total. The second-order valence-electron chi connectivity index (χ2n) is 13.1. The Hall–Kier alpha value is -3.43. The Morgan fingerprint density at radius 2 is 1.67 bits per heavy atom. The molecule has 0 atom stereocenters. The number of ether oxygens (including phenoxy) is 3. The Balaban J connectivity index is 1.02. The number of hydrogen-bond acceptors (Lipinski definition) is 12. The van der Waals surface area contributed by atoms with Gasteiger partial charge < -0.3 is 43.9 Å². The first-order valence-corrected chi connectivity index (χ1v) is 17.3. The zero-order valence-electron chi connectivity index (χ0n) is 29.1. The number of nitrogens with one attached hydrogen (secondary N) is 1. The summed E-state index contributed by atoms with van der Waals surface area (Å²) in [6, 6.07) is 4.22. The van der Waals surface area contributed by atoms with E-state index in [1.165, 1.54) is 0 Å². The van der Waals surface area contributed by atoms with Gasteiger partial charge in [0.15, 0.2) is 0 Å². The highest BCUT2D eigenvalue weighted by molar-refractivity contribution is 5.79. The minimum Gasteiger partial charge on any atom is -0.480 e. The molecule has 3 aromatic heterocycles. The SMILES string of the molecule is COC1(CCN2CCN(CCCOCCCOCC(=O)O)CC2)CCN(c2nccc(Nc3cc4c(cn3)nc(C)n4C(C)C)n2)CC1. The number of aromatic nitrogens is 5. The van der Waals surface area contributed by atoms with Gasteiger partial charge in [0, 0.05) is 97.6 Å². The number of methoxy groups -OCH3 is 1. The van der Waals surface area contributed by atoms with Gasteiger partial charge in [0.05, 0.1) is 17.3 Å². The van der Waals surface area contributed by atoms with E-state index >= 15 is 0 Å². The lowest BCUT2D eigenvalue weighted by molar-refractivity contribution is -0.142. The molecule has 0 aromatic carbocycles. The molecule has 0 amide bonds. The fraction of sp³-hybridized carbons (Fsp3) is 0.676. The van der Waals surface area contributed by atoms with Crippen molar-refractivity contribution in [1.29, 1.82) is 0 Å². The third-order valence-electron chi connectivity index (χ3n) is 9.47. The summed E-state index contributed by atoms with van der Waals surface area (Å²) in [6.45, 7) is 15.9. The highest BCUT2D eigenvalue weighted by atomic mass is 16.5. The molecular weight excluding hydrogens is 614 g/mol. The predicted octanol–water partition coefficient (Wildman–Crippen LogP) is 3.75. The summed E-state index contributed by atoms with van der Waals surface area (Å²) >= 11 is 0. The molecule has 48 heavy (non-hydrogen) atoms. The normalized spacial score (nSPS) is 17.4. The van der Waals surface area contributed by atoms with Gasteiger partial charge in [0.25, 0.3) is 0 Å². The number of pyridine rings is 1. The number of aryl methyl sites for hydroxylation is 1. The maximum absolute atomic E-state index is 10.4. The number of aliphatic carboxylic acids is 1. The molecule has 0 saturated carbocycles. The molecule has 2 saturated heterocycles. The van der Waals surface area contributed by atoms with Crippen molar-refractivity contribution >= 4 is 34.6 Å². The van der Waals surface area contributed by atoms with Crippen molar-refractivity contribution in [2.75, 3.05) is 96.1 Å².